The maximum Gasteiger partial charge on any atom is 0.231 e. The summed E-state index contributed by atoms with van der Waals surface area (Å²) in [4.78, 5) is 17.6. The molecule has 2 aliphatic rings. The van der Waals surface area contributed by atoms with E-state index < -0.39 is 0 Å². The van der Waals surface area contributed by atoms with Crippen molar-refractivity contribution >= 4 is 17.4 Å². The standard InChI is InChI=1S/C23H26N6O/c1-17-7-8-20-18(15-17)5-3-13-28(20)23(30)19-6-2-12-27(16-19)21-9-10-22(26-25-21)29-14-4-11-24-29/h4,7-11,14-15,19H,2-3,5-6,12-13,16H2,1H3. The number of aromatic nitrogens is 4. The summed E-state index contributed by atoms with van der Waals surface area (Å²) >= 11 is 0. The lowest BCUT2D eigenvalue weighted by Gasteiger charge is -2.37. The smallest absolute Gasteiger partial charge is 0.231 e. The SMILES string of the molecule is Cc1ccc2c(c1)CCCN2C(=O)C1CCCN(c2ccc(-n3cccn3)nn2)C1. The minimum atomic E-state index is -0.0152. The van der Waals surface area contributed by atoms with E-state index in [9.17, 15) is 4.79 Å². The summed E-state index contributed by atoms with van der Waals surface area (Å²) in [6.07, 6.45) is 7.54. The zero-order valence-corrected chi connectivity index (χ0v) is 17.2. The fraction of sp³-hybridized carbons (Fsp3) is 0.391. The van der Waals surface area contributed by atoms with Crippen LogP contribution >= 0.6 is 0 Å². The normalized spacial score (nSPS) is 18.9. The topological polar surface area (TPSA) is 67.2 Å². The van der Waals surface area contributed by atoms with Crippen LogP contribution in [0.1, 0.15) is 30.4 Å². The molecule has 1 atom stereocenters. The molecule has 1 unspecified atom stereocenters. The first-order valence-electron chi connectivity index (χ1n) is 10.7. The fourth-order valence-electron chi connectivity index (χ4n) is 4.58. The Bertz CT molecular complexity index is 1030. The molecule has 3 aromatic rings. The van der Waals surface area contributed by atoms with Gasteiger partial charge in [-0.25, -0.2) is 4.68 Å². The Morgan fingerprint density at radius 3 is 2.73 bits per heavy atom. The third-order valence-corrected chi connectivity index (χ3v) is 6.09. The molecule has 154 valence electrons. The maximum atomic E-state index is 13.4. The molecule has 0 radical (unpaired) electrons. The Hall–Kier alpha value is -3.22. The minimum absolute atomic E-state index is 0.0152. The monoisotopic (exact) mass is 402 g/mol. The van der Waals surface area contributed by atoms with Crippen molar-refractivity contribution < 1.29 is 4.79 Å². The summed E-state index contributed by atoms with van der Waals surface area (Å²) < 4.78 is 1.69. The lowest BCUT2D eigenvalue weighted by Crippen LogP contribution is -2.46. The molecule has 4 heterocycles. The van der Waals surface area contributed by atoms with Crippen molar-refractivity contribution in [1.29, 1.82) is 0 Å². The Balaban J connectivity index is 1.32. The summed E-state index contributed by atoms with van der Waals surface area (Å²) in [5.41, 5.74) is 3.64. The summed E-state index contributed by atoms with van der Waals surface area (Å²) in [7, 11) is 0. The van der Waals surface area contributed by atoms with Gasteiger partial charge in [0, 0.05) is 37.7 Å². The van der Waals surface area contributed by atoms with Gasteiger partial charge in [-0.15, -0.1) is 10.2 Å². The molecule has 5 rings (SSSR count). The lowest BCUT2D eigenvalue weighted by atomic mass is 9.93. The van der Waals surface area contributed by atoms with Crippen molar-refractivity contribution in [2.45, 2.75) is 32.6 Å². The van der Waals surface area contributed by atoms with Gasteiger partial charge in [0.2, 0.25) is 5.91 Å². The number of anilines is 2. The van der Waals surface area contributed by atoms with Crippen molar-refractivity contribution in [3.05, 3.63) is 59.9 Å². The number of fused-ring (bicyclic) bond motifs is 1. The molecule has 2 aliphatic heterocycles. The van der Waals surface area contributed by atoms with Crippen molar-refractivity contribution in [2.75, 3.05) is 29.4 Å². The minimum Gasteiger partial charge on any atom is -0.354 e. The summed E-state index contributed by atoms with van der Waals surface area (Å²) in [6, 6.07) is 12.2. The van der Waals surface area contributed by atoms with Gasteiger partial charge < -0.3 is 9.80 Å². The van der Waals surface area contributed by atoms with E-state index in [4.69, 9.17) is 0 Å². The Kier molecular flexibility index (Phi) is 4.94. The Morgan fingerprint density at radius 1 is 1.07 bits per heavy atom. The zero-order valence-electron chi connectivity index (χ0n) is 17.2. The van der Waals surface area contributed by atoms with Crippen LogP contribution in [-0.4, -0.2) is 45.5 Å². The molecule has 0 aliphatic carbocycles. The molecule has 1 aromatic carbocycles. The van der Waals surface area contributed by atoms with Gasteiger partial charge in [0.25, 0.3) is 0 Å². The van der Waals surface area contributed by atoms with Crippen molar-refractivity contribution in [3.63, 3.8) is 0 Å². The molecule has 1 amide bonds. The van der Waals surface area contributed by atoms with Gasteiger partial charge in [0.1, 0.15) is 0 Å². The molecule has 0 saturated carbocycles. The number of piperidine rings is 1. The third kappa shape index (κ3) is 3.56. The molecule has 1 saturated heterocycles. The first-order valence-corrected chi connectivity index (χ1v) is 10.7. The van der Waals surface area contributed by atoms with Crippen molar-refractivity contribution in [1.82, 2.24) is 20.0 Å². The molecular weight excluding hydrogens is 376 g/mol. The second kappa shape index (κ2) is 7.89. The quantitative estimate of drug-likeness (QED) is 0.673. The third-order valence-electron chi connectivity index (χ3n) is 6.09. The number of aryl methyl sites for hydroxylation is 2. The highest BCUT2D eigenvalue weighted by Gasteiger charge is 2.32. The molecule has 30 heavy (non-hydrogen) atoms. The molecule has 0 bridgehead atoms. The van der Waals surface area contributed by atoms with Gasteiger partial charge in [-0.2, -0.15) is 5.10 Å². The van der Waals surface area contributed by atoms with Gasteiger partial charge in [-0.3, -0.25) is 4.79 Å². The molecule has 7 heteroatoms. The number of benzene rings is 1. The van der Waals surface area contributed by atoms with Crippen LogP contribution in [-0.2, 0) is 11.2 Å². The number of carbonyl (C=O) groups is 1. The Labute approximate surface area is 176 Å². The van der Waals surface area contributed by atoms with Crippen LogP contribution in [0.25, 0.3) is 5.82 Å². The number of carbonyl (C=O) groups excluding carboxylic acids is 1. The molecule has 2 aromatic heterocycles. The van der Waals surface area contributed by atoms with Crippen molar-refractivity contribution in [2.24, 2.45) is 5.92 Å². The summed E-state index contributed by atoms with van der Waals surface area (Å²) in [5.74, 6) is 1.73. The average molecular weight is 403 g/mol. The predicted molar refractivity (Wildman–Crippen MR) is 116 cm³/mol. The van der Waals surface area contributed by atoms with Crippen LogP contribution in [0, 0.1) is 12.8 Å². The van der Waals surface area contributed by atoms with Crippen LogP contribution in [0.5, 0.6) is 0 Å². The molecular formula is C23H26N6O. The van der Waals surface area contributed by atoms with E-state index in [0.29, 0.717) is 12.4 Å². The van der Waals surface area contributed by atoms with Crippen LogP contribution in [0.2, 0.25) is 0 Å². The highest BCUT2D eigenvalue weighted by atomic mass is 16.2. The highest BCUT2D eigenvalue weighted by Crippen LogP contribution is 2.31. The van der Waals surface area contributed by atoms with Crippen LogP contribution < -0.4 is 9.80 Å². The second-order valence-corrected chi connectivity index (χ2v) is 8.21. The molecule has 0 spiro atoms. The van der Waals surface area contributed by atoms with E-state index >= 15 is 0 Å². The highest BCUT2D eigenvalue weighted by molar-refractivity contribution is 5.96. The average Bonchev–Trinajstić information content (AvgIpc) is 3.33. The van der Waals surface area contributed by atoms with E-state index in [-0.39, 0.29) is 11.8 Å². The van der Waals surface area contributed by atoms with Crippen LogP contribution in [0.3, 0.4) is 0 Å². The van der Waals surface area contributed by atoms with Crippen LogP contribution in [0.15, 0.2) is 48.8 Å². The number of rotatable bonds is 3. The van der Waals surface area contributed by atoms with E-state index in [0.717, 1.165) is 50.3 Å². The number of hydrogen-bond acceptors (Lipinski definition) is 5. The van der Waals surface area contributed by atoms with Crippen molar-refractivity contribution in [3.8, 4) is 5.82 Å². The Morgan fingerprint density at radius 2 is 1.93 bits per heavy atom. The summed E-state index contributed by atoms with van der Waals surface area (Å²) in [6.45, 7) is 4.50. The largest absolute Gasteiger partial charge is 0.354 e. The van der Waals surface area contributed by atoms with Gasteiger partial charge in [0.05, 0.1) is 5.92 Å². The predicted octanol–water partition coefficient (Wildman–Crippen LogP) is 3.17. The summed E-state index contributed by atoms with van der Waals surface area (Å²) in [5, 5.41) is 12.9. The van der Waals surface area contributed by atoms with E-state index in [2.05, 4.69) is 45.3 Å². The first kappa shape index (κ1) is 18.8. The second-order valence-electron chi connectivity index (χ2n) is 8.21. The van der Waals surface area contributed by atoms with E-state index in [1.165, 1.54) is 11.1 Å². The molecule has 0 N–H and O–H groups in total. The van der Waals surface area contributed by atoms with Gasteiger partial charge in [-0.1, -0.05) is 17.7 Å². The van der Waals surface area contributed by atoms with Gasteiger partial charge in [0.15, 0.2) is 11.6 Å². The van der Waals surface area contributed by atoms with E-state index in [1.54, 1.807) is 10.9 Å². The van der Waals surface area contributed by atoms with Crippen LogP contribution in [0.4, 0.5) is 11.5 Å². The maximum absolute atomic E-state index is 13.4. The van der Waals surface area contributed by atoms with Gasteiger partial charge in [-0.05, 0) is 62.4 Å². The number of nitrogens with zero attached hydrogens (tertiary/aromatic N) is 6. The number of hydrogen-bond donors (Lipinski definition) is 0. The number of amides is 1. The zero-order chi connectivity index (χ0) is 20.5. The fourth-order valence-corrected chi connectivity index (χ4v) is 4.58. The molecule has 1 fully saturated rings. The first-order chi connectivity index (χ1) is 14.7. The molecule has 7 nitrogen and oxygen atoms in total. The van der Waals surface area contributed by atoms with E-state index in [1.807, 2.05) is 29.3 Å². The van der Waals surface area contributed by atoms with Gasteiger partial charge >= 0.3 is 0 Å². The lowest BCUT2D eigenvalue weighted by molar-refractivity contribution is -0.122.